The SMILES string of the molecule is CCNC(Cc1ccc(Cl)c(F)c1)CC1CCCCCC1. The smallest absolute Gasteiger partial charge is 0.142 e. The van der Waals surface area contributed by atoms with Crippen LogP contribution in [0.15, 0.2) is 18.2 Å². The molecule has 21 heavy (non-hydrogen) atoms. The van der Waals surface area contributed by atoms with Crippen molar-refractivity contribution in [2.75, 3.05) is 6.54 Å². The minimum absolute atomic E-state index is 0.211. The highest BCUT2D eigenvalue weighted by Gasteiger charge is 2.18. The van der Waals surface area contributed by atoms with Gasteiger partial charge in [-0.2, -0.15) is 0 Å². The molecule has 1 fully saturated rings. The predicted octanol–water partition coefficient (Wildman–Crippen LogP) is 5.36. The fraction of sp³-hybridized carbons (Fsp3) is 0.667. The number of likely N-dealkylation sites (N-methyl/N-ethyl adjacent to an activating group) is 1. The largest absolute Gasteiger partial charge is 0.314 e. The molecule has 0 heterocycles. The quantitative estimate of drug-likeness (QED) is 0.697. The number of benzene rings is 1. The van der Waals surface area contributed by atoms with Crippen molar-refractivity contribution in [3.05, 3.63) is 34.6 Å². The number of halogens is 2. The lowest BCUT2D eigenvalue weighted by molar-refractivity contribution is 0.353. The molecular weight excluding hydrogens is 285 g/mol. The van der Waals surface area contributed by atoms with Gasteiger partial charge in [-0.05, 0) is 43.0 Å². The van der Waals surface area contributed by atoms with Crippen molar-refractivity contribution in [1.29, 1.82) is 0 Å². The van der Waals surface area contributed by atoms with Crippen LogP contribution < -0.4 is 5.32 Å². The van der Waals surface area contributed by atoms with Crippen molar-refractivity contribution in [1.82, 2.24) is 5.32 Å². The molecule has 0 bridgehead atoms. The molecule has 1 unspecified atom stereocenters. The zero-order valence-corrected chi connectivity index (χ0v) is 13.8. The summed E-state index contributed by atoms with van der Waals surface area (Å²) in [6.45, 7) is 3.11. The molecule has 1 aliphatic rings. The molecule has 2 rings (SSSR count). The number of hydrogen-bond donors (Lipinski definition) is 1. The first-order valence-corrected chi connectivity index (χ1v) is 8.74. The molecule has 1 atom stereocenters. The van der Waals surface area contributed by atoms with Crippen LogP contribution in [-0.4, -0.2) is 12.6 Å². The summed E-state index contributed by atoms with van der Waals surface area (Å²) in [5.74, 6) is 0.521. The Balaban J connectivity index is 1.95. The molecular formula is C18H27ClFN. The molecule has 0 spiro atoms. The van der Waals surface area contributed by atoms with E-state index in [0.717, 1.165) is 24.4 Å². The Kier molecular flexibility index (Phi) is 6.98. The molecule has 3 heteroatoms. The van der Waals surface area contributed by atoms with E-state index in [2.05, 4.69) is 12.2 Å². The van der Waals surface area contributed by atoms with Crippen LogP contribution in [0, 0.1) is 11.7 Å². The number of nitrogens with one attached hydrogen (secondary N) is 1. The van der Waals surface area contributed by atoms with Gasteiger partial charge in [0.15, 0.2) is 0 Å². The van der Waals surface area contributed by atoms with Crippen molar-refractivity contribution in [3.63, 3.8) is 0 Å². The van der Waals surface area contributed by atoms with Crippen LogP contribution >= 0.6 is 11.6 Å². The average molecular weight is 312 g/mol. The zero-order chi connectivity index (χ0) is 15.1. The van der Waals surface area contributed by atoms with E-state index in [4.69, 9.17) is 11.6 Å². The summed E-state index contributed by atoms with van der Waals surface area (Å²) < 4.78 is 13.6. The number of hydrogen-bond acceptors (Lipinski definition) is 1. The molecule has 1 N–H and O–H groups in total. The molecule has 1 aromatic carbocycles. The third kappa shape index (κ3) is 5.60. The lowest BCUT2D eigenvalue weighted by atomic mass is 9.90. The standard InChI is InChI=1S/C18H27ClFN/c1-2-21-16(11-14-7-5-3-4-6-8-14)12-15-9-10-17(19)18(20)13-15/h9-10,13-14,16,21H,2-8,11-12H2,1H3. The van der Waals surface area contributed by atoms with Gasteiger partial charge in [0.25, 0.3) is 0 Å². The molecule has 118 valence electrons. The van der Waals surface area contributed by atoms with Crippen LogP contribution in [0.2, 0.25) is 5.02 Å². The molecule has 0 radical (unpaired) electrons. The van der Waals surface area contributed by atoms with Crippen molar-refractivity contribution >= 4 is 11.6 Å². The lowest BCUT2D eigenvalue weighted by Gasteiger charge is -2.23. The van der Waals surface area contributed by atoms with Crippen LogP contribution in [0.4, 0.5) is 4.39 Å². The Morgan fingerprint density at radius 3 is 2.57 bits per heavy atom. The Hall–Kier alpha value is -0.600. The Morgan fingerprint density at radius 2 is 1.95 bits per heavy atom. The zero-order valence-electron chi connectivity index (χ0n) is 13.0. The summed E-state index contributed by atoms with van der Waals surface area (Å²) in [4.78, 5) is 0. The van der Waals surface area contributed by atoms with Crippen LogP contribution in [0.3, 0.4) is 0 Å². The van der Waals surface area contributed by atoms with Crippen LogP contribution in [0.5, 0.6) is 0 Å². The van der Waals surface area contributed by atoms with Crippen LogP contribution in [-0.2, 0) is 6.42 Å². The third-order valence-corrected chi connectivity index (χ3v) is 4.86. The van der Waals surface area contributed by atoms with E-state index in [1.54, 1.807) is 12.1 Å². The highest BCUT2D eigenvalue weighted by atomic mass is 35.5. The molecule has 0 aliphatic heterocycles. The second kappa shape index (κ2) is 8.75. The molecule has 1 saturated carbocycles. The van der Waals surface area contributed by atoms with Crippen molar-refractivity contribution in [2.45, 2.75) is 64.3 Å². The van der Waals surface area contributed by atoms with E-state index >= 15 is 0 Å². The van der Waals surface area contributed by atoms with Crippen molar-refractivity contribution in [3.8, 4) is 0 Å². The van der Waals surface area contributed by atoms with Gasteiger partial charge < -0.3 is 5.32 Å². The predicted molar refractivity (Wildman–Crippen MR) is 88.4 cm³/mol. The summed E-state index contributed by atoms with van der Waals surface area (Å²) in [6, 6.07) is 5.64. The maximum Gasteiger partial charge on any atom is 0.142 e. The van der Waals surface area contributed by atoms with Gasteiger partial charge in [0, 0.05) is 6.04 Å². The van der Waals surface area contributed by atoms with Gasteiger partial charge in [0.2, 0.25) is 0 Å². The topological polar surface area (TPSA) is 12.0 Å². The first-order chi connectivity index (χ1) is 10.2. The molecule has 0 amide bonds. The highest BCUT2D eigenvalue weighted by molar-refractivity contribution is 6.30. The minimum Gasteiger partial charge on any atom is -0.314 e. The van der Waals surface area contributed by atoms with E-state index in [0.29, 0.717) is 6.04 Å². The molecule has 1 aromatic rings. The third-order valence-electron chi connectivity index (χ3n) is 4.55. The van der Waals surface area contributed by atoms with Crippen LogP contribution in [0.25, 0.3) is 0 Å². The summed E-state index contributed by atoms with van der Waals surface area (Å²) in [7, 11) is 0. The summed E-state index contributed by atoms with van der Waals surface area (Å²) in [5, 5.41) is 3.79. The van der Waals surface area contributed by atoms with E-state index in [-0.39, 0.29) is 10.8 Å². The highest BCUT2D eigenvalue weighted by Crippen LogP contribution is 2.27. The second-order valence-corrected chi connectivity index (χ2v) is 6.71. The fourth-order valence-corrected chi connectivity index (χ4v) is 3.60. The minimum atomic E-state index is -0.307. The molecule has 0 aromatic heterocycles. The summed E-state index contributed by atoms with van der Waals surface area (Å²) >= 11 is 5.76. The van der Waals surface area contributed by atoms with E-state index in [1.165, 1.54) is 44.9 Å². The van der Waals surface area contributed by atoms with Gasteiger partial charge in [-0.1, -0.05) is 63.1 Å². The maximum atomic E-state index is 13.6. The normalized spacial score (nSPS) is 18.4. The van der Waals surface area contributed by atoms with E-state index < -0.39 is 0 Å². The van der Waals surface area contributed by atoms with Gasteiger partial charge in [-0.15, -0.1) is 0 Å². The van der Waals surface area contributed by atoms with E-state index in [9.17, 15) is 4.39 Å². The second-order valence-electron chi connectivity index (χ2n) is 6.30. The van der Waals surface area contributed by atoms with E-state index in [1.807, 2.05) is 6.07 Å². The molecule has 1 nitrogen and oxygen atoms in total. The Bertz CT molecular complexity index is 427. The monoisotopic (exact) mass is 311 g/mol. The fourth-order valence-electron chi connectivity index (χ4n) is 3.48. The van der Waals surface area contributed by atoms with Crippen molar-refractivity contribution in [2.24, 2.45) is 5.92 Å². The van der Waals surface area contributed by atoms with Crippen LogP contribution in [0.1, 0.15) is 57.4 Å². The Morgan fingerprint density at radius 1 is 1.24 bits per heavy atom. The average Bonchev–Trinajstić information content (AvgIpc) is 2.72. The van der Waals surface area contributed by atoms with Crippen molar-refractivity contribution < 1.29 is 4.39 Å². The van der Waals surface area contributed by atoms with Gasteiger partial charge >= 0.3 is 0 Å². The summed E-state index contributed by atoms with van der Waals surface area (Å²) in [5.41, 5.74) is 1.04. The molecule has 0 saturated heterocycles. The molecule has 1 aliphatic carbocycles. The van der Waals surface area contributed by atoms with Gasteiger partial charge in [-0.3, -0.25) is 0 Å². The lowest BCUT2D eigenvalue weighted by Crippen LogP contribution is -2.33. The first kappa shape index (κ1) is 16.8. The first-order valence-electron chi connectivity index (χ1n) is 8.36. The Labute approximate surface area is 133 Å². The maximum absolute atomic E-state index is 13.6. The summed E-state index contributed by atoms with van der Waals surface area (Å²) in [6.07, 6.45) is 10.3. The van der Waals surface area contributed by atoms with Gasteiger partial charge in [0.05, 0.1) is 5.02 Å². The number of rotatable bonds is 6. The van der Waals surface area contributed by atoms with Gasteiger partial charge in [0.1, 0.15) is 5.82 Å². The van der Waals surface area contributed by atoms with Gasteiger partial charge in [-0.25, -0.2) is 4.39 Å².